The first-order valence-electron chi connectivity index (χ1n) is 6.29. The summed E-state index contributed by atoms with van der Waals surface area (Å²) in [7, 11) is 0. The van der Waals surface area contributed by atoms with Gasteiger partial charge in [0.2, 0.25) is 0 Å². The number of esters is 1. The molecule has 1 aliphatic heterocycles. The maximum atomic E-state index is 13.3. The van der Waals surface area contributed by atoms with Gasteiger partial charge in [-0.3, -0.25) is 4.79 Å². The largest absolute Gasteiger partial charge is 0.490 e. The Balaban J connectivity index is 2.35. The summed E-state index contributed by atoms with van der Waals surface area (Å²) in [6.45, 7) is 3.74. The Labute approximate surface area is 111 Å². The standard InChI is InChI=1S/C14H17FO4/c1-3-18-13(16)8-14(17)7-9(2)19-12-5-4-10(15)6-11(12)14/h4-6,9,17H,3,7-8H2,1-2H3/t9-,14-/m1/s1. The molecule has 0 saturated heterocycles. The van der Waals surface area contributed by atoms with Crippen LogP contribution in [0.5, 0.6) is 5.75 Å². The maximum Gasteiger partial charge on any atom is 0.309 e. The van der Waals surface area contributed by atoms with Crippen LogP contribution in [0.25, 0.3) is 0 Å². The number of fused-ring (bicyclic) bond motifs is 1. The molecule has 0 unspecified atom stereocenters. The summed E-state index contributed by atoms with van der Waals surface area (Å²) in [5.41, 5.74) is -1.14. The van der Waals surface area contributed by atoms with Crippen LogP contribution in [0, 0.1) is 5.82 Å². The number of aliphatic hydroxyl groups is 1. The summed E-state index contributed by atoms with van der Waals surface area (Å²) in [5, 5.41) is 10.7. The van der Waals surface area contributed by atoms with Crippen molar-refractivity contribution in [3.63, 3.8) is 0 Å². The Morgan fingerprint density at radius 3 is 3.05 bits per heavy atom. The van der Waals surface area contributed by atoms with E-state index in [1.54, 1.807) is 13.8 Å². The van der Waals surface area contributed by atoms with Gasteiger partial charge in [-0.25, -0.2) is 4.39 Å². The molecule has 2 atom stereocenters. The first-order valence-corrected chi connectivity index (χ1v) is 6.29. The normalized spacial score (nSPS) is 25.4. The lowest BCUT2D eigenvalue weighted by Gasteiger charge is -2.37. The molecule has 0 amide bonds. The monoisotopic (exact) mass is 268 g/mol. The van der Waals surface area contributed by atoms with E-state index in [0.717, 1.165) is 0 Å². The Hall–Kier alpha value is -1.62. The van der Waals surface area contributed by atoms with Crippen molar-refractivity contribution in [2.24, 2.45) is 0 Å². The van der Waals surface area contributed by atoms with Gasteiger partial charge < -0.3 is 14.6 Å². The first-order chi connectivity index (χ1) is 8.94. The zero-order valence-corrected chi connectivity index (χ0v) is 11.0. The molecule has 2 rings (SSSR count). The lowest BCUT2D eigenvalue weighted by atomic mass is 9.83. The molecular formula is C14H17FO4. The highest BCUT2D eigenvalue weighted by molar-refractivity contribution is 5.71. The number of rotatable bonds is 3. The molecule has 0 bridgehead atoms. The van der Waals surface area contributed by atoms with Crippen molar-refractivity contribution in [1.82, 2.24) is 0 Å². The third kappa shape index (κ3) is 2.87. The maximum absolute atomic E-state index is 13.3. The Bertz CT molecular complexity index is 488. The number of carbonyl (C=O) groups excluding carboxylic acids is 1. The number of benzene rings is 1. The van der Waals surface area contributed by atoms with E-state index in [9.17, 15) is 14.3 Å². The highest BCUT2D eigenvalue weighted by atomic mass is 19.1. The van der Waals surface area contributed by atoms with Gasteiger partial charge >= 0.3 is 5.97 Å². The van der Waals surface area contributed by atoms with E-state index in [4.69, 9.17) is 9.47 Å². The van der Waals surface area contributed by atoms with E-state index in [2.05, 4.69) is 0 Å². The number of hydrogen-bond donors (Lipinski definition) is 1. The zero-order valence-electron chi connectivity index (χ0n) is 11.0. The average molecular weight is 268 g/mol. The molecular weight excluding hydrogens is 251 g/mol. The van der Waals surface area contributed by atoms with Crippen LogP contribution in [-0.4, -0.2) is 23.8 Å². The van der Waals surface area contributed by atoms with Gasteiger partial charge in [-0.05, 0) is 32.0 Å². The van der Waals surface area contributed by atoms with Gasteiger partial charge in [-0.15, -0.1) is 0 Å². The third-order valence-electron chi connectivity index (χ3n) is 3.14. The van der Waals surface area contributed by atoms with Crippen LogP contribution in [0.4, 0.5) is 4.39 Å². The van der Waals surface area contributed by atoms with Crippen LogP contribution in [0.15, 0.2) is 18.2 Å². The molecule has 5 heteroatoms. The topological polar surface area (TPSA) is 55.8 Å². The quantitative estimate of drug-likeness (QED) is 0.853. The average Bonchev–Trinajstić information content (AvgIpc) is 2.30. The molecule has 0 aromatic heterocycles. The van der Waals surface area contributed by atoms with Crippen molar-refractivity contribution in [3.05, 3.63) is 29.6 Å². The van der Waals surface area contributed by atoms with E-state index >= 15 is 0 Å². The number of carbonyl (C=O) groups is 1. The minimum absolute atomic E-state index is 0.203. The molecule has 4 nitrogen and oxygen atoms in total. The third-order valence-corrected chi connectivity index (χ3v) is 3.14. The minimum Gasteiger partial charge on any atom is -0.490 e. The fraction of sp³-hybridized carbons (Fsp3) is 0.500. The highest BCUT2D eigenvalue weighted by Gasteiger charge is 2.41. The van der Waals surface area contributed by atoms with Gasteiger partial charge in [0, 0.05) is 12.0 Å². The molecule has 0 aliphatic carbocycles. The Morgan fingerprint density at radius 1 is 1.63 bits per heavy atom. The van der Waals surface area contributed by atoms with Crippen molar-refractivity contribution >= 4 is 5.97 Å². The van der Waals surface area contributed by atoms with Crippen molar-refractivity contribution in [3.8, 4) is 5.75 Å². The van der Waals surface area contributed by atoms with Crippen molar-refractivity contribution < 1.29 is 23.8 Å². The van der Waals surface area contributed by atoms with Crippen LogP contribution in [0.3, 0.4) is 0 Å². The summed E-state index contributed by atoms with van der Waals surface area (Å²) in [5.74, 6) is -0.569. The molecule has 0 radical (unpaired) electrons. The SMILES string of the molecule is CCOC(=O)C[C@]1(O)C[C@@H](C)Oc2ccc(F)cc21. The molecule has 1 N–H and O–H groups in total. The predicted octanol–water partition coefficient (Wildman–Crippen LogP) is 2.14. The van der Waals surface area contributed by atoms with Crippen LogP contribution >= 0.6 is 0 Å². The van der Waals surface area contributed by atoms with Gasteiger partial charge in [0.15, 0.2) is 0 Å². The fourth-order valence-electron chi connectivity index (χ4n) is 2.43. The second-order valence-electron chi connectivity index (χ2n) is 4.79. The zero-order chi connectivity index (χ0) is 14.0. The van der Waals surface area contributed by atoms with Gasteiger partial charge in [0.1, 0.15) is 17.2 Å². The molecule has 104 valence electrons. The number of ether oxygens (including phenoxy) is 2. The molecule has 1 aromatic rings. The Morgan fingerprint density at radius 2 is 2.37 bits per heavy atom. The van der Waals surface area contributed by atoms with Crippen molar-refractivity contribution in [2.45, 2.75) is 38.4 Å². The second-order valence-corrected chi connectivity index (χ2v) is 4.79. The van der Waals surface area contributed by atoms with Crippen molar-refractivity contribution in [2.75, 3.05) is 6.61 Å². The number of halogens is 1. The molecule has 1 aromatic carbocycles. The second kappa shape index (κ2) is 5.17. The van der Waals surface area contributed by atoms with Crippen molar-refractivity contribution in [1.29, 1.82) is 0 Å². The summed E-state index contributed by atoms with van der Waals surface area (Å²) in [6.07, 6.45) is -0.231. The van der Waals surface area contributed by atoms with Gasteiger partial charge in [-0.1, -0.05) is 0 Å². The number of hydrogen-bond acceptors (Lipinski definition) is 4. The predicted molar refractivity (Wildman–Crippen MR) is 66.3 cm³/mol. The van der Waals surface area contributed by atoms with E-state index in [1.807, 2.05) is 0 Å². The van der Waals surface area contributed by atoms with Gasteiger partial charge in [-0.2, -0.15) is 0 Å². The molecule has 0 spiro atoms. The highest BCUT2D eigenvalue weighted by Crippen LogP contribution is 2.42. The van der Waals surface area contributed by atoms with E-state index in [-0.39, 0.29) is 25.6 Å². The molecule has 1 heterocycles. The van der Waals surface area contributed by atoms with Gasteiger partial charge in [0.05, 0.1) is 19.1 Å². The van der Waals surface area contributed by atoms with Crippen LogP contribution < -0.4 is 4.74 Å². The first kappa shape index (κ1) is 13.8. The molecule has 1 aliphatic rings. The van der Waals surface area contributed by atoms with Gasteiger partial charge in [0.25, 0.3) is 0 Å². The van der Waals surface area contributed by atoms with E-state index in [1.165, 1.54) is 18.2 Å². The van der Waals surface area contributed by atoms with Crippen LogP contribution in [0.2, 0.25) is 0 Å². The van der Waals surface area contributed by atoms with Crippen LogP contribution in [0.1, 0.15) is 32.3 Å². The minimum atomic E-state index is -1.44. The summed E-state index contributed by atoms with van der Waals surface area (Å²) >= 11 is 0. The summed E-state index contributed by atoms with van der Waals surface area (Å²) in [6, 6.07) is 3.94. The smallest absolute Gasteiger partial charge is 0.309 e. The molecule has 0 fully saturated rings. The Kier molecular flexibility index (Phi) is 3.75. The van der Waals surface area contributed by atoms with E-state index in [0.29, 0.717) is 11.3 Å². The lowest BCUT2D eigenvalue weighted by Crippen LogP contribution is -2.39. The van der Waals surface area contributed by atoms with E-state index < -0.39 is 17.4 Å². The lowest BCUT2D eigenvalue weighted by molar-refractivity contribution is -0.151. The molecule has 0 saturated carbocycles. The fourth-order valence-corrected chi connectivity index (χ4v) is 2.43. The molecule has 19 heavy (non-hydrogen) atoms. The van der Waals surface area contributed by atoms with Crippen LogP contribution in [-0.2, 0) is 15.1 Å². The summed E-state index contributed by atoms with van der Waals surface area (Å²) < 4.78 is 23.7. The summed E-state index contributed by atoms with van der Waals surface area (Å²) in [4.78, 5) is 11.6.